The average Bonchev–Trinajstić information content (AvgIpc) is 3.48. The molecule has 10 nitrogen and oxygen atoms in total. The molecule has 0 spiro atoms. The Morgan fingerprint density at radius 2 is 1.79 bits per heavy atom. The van der Waals surface area contributed by atoms with Crippen molar-refractivity contribution in [1.82, 2.24) is 9.97 Å². The molecule has 1 N–H and O–H groups in total. The molecule has 3 aromatic rings. The lowest BCUT2D eigenvalue weighted by Gasteiger charge is -2.32. The highest BCUT2D eigenvalue weighted by molar-refractivity contribution is 6.03. The van der Waals surface area contributed by atoms with Crippen LogP contribution in [0.2, 0.25) is 0 Å². The number of piperidine rings is 2. The Hall–Kier alpha value is -4.13. The van der Waals surface area contributed by atoms with Gasteiger partial charge in [0, 0.05) is 26.2 Å². The molecule has 1 atom stereocenters. The fourth-order valence-corrected chi connectivity index (χ4v) is 5.31. The van der Waals surface area contributed by atoms with Crippen molar-refractivity contribution in [2.75, 3.05) is 48.4 Å². The molecule has 2 aliphatic rings. The van der Waals surface area contributed by atoms with E-state index in [0.29, 0.717) is 44.2 Å². The zero-order valence-corrected chi connectivity index (χ0v) is 24.0. The SMILES string of the molecule is COC(=O)c1ccc(COC2CCN(c3ccc(NC(=O)c4oc(N5CCCC(C)C5)nc4C(F)(F)F)cn3)CC2)cc1. The van der Waals surface area contributed by atoms with Gasteiger partial charge in [-0.2, -0.15) is 18.2 Å². The summed E-state index contributed by atoms with van der Waals surface area (Å²) >= 11 is 0. The van der Waals surface area contributed by atoms with Gasteiger partial charge in [-0.1, -0.05) is 19.1 Å². The first kappa shape index (κ1) is 30.3. The predicted octanol–water partition coefficient (Wildman–Crippen LogP) is 5.55. The number of nitrogens with one attached hydrogen (secondary N) is 1. The molecular formula is C30H34F3N5O5. The summed E-state index contributed by atoms with van der Waals surface area (Å²) in [6.07, 6.45) is -0.0232. The zero-order chi connectivity index (χ0) is 30.6. The number of hydrogen-bond acceptors (Lipinski definition) is 9. The molecule has 43 heavy (non-hydrogen) atoms. The number of pyridine rings is 1. The monoisotopic (exact) mass is 601 g/mol. The molecule has 2 aromatic heterocycles. The fraction of sp³-hybridized carbons (Fsp3) is 0.467. The lowest BCUT2D eigenvalue weighted by atomic mass is 10.0. The minimum Gasteiger partial charge on any atom is -0.465 e. The first-order valence-corrected chi connectivity index (χ1v) is 14.2. The molecule has 0 saturated carbocycles. The van der Waals surface area contributed by atoms with Gasteiger partial charge in [0.25, 0.3) is 11.9 Å². The van der Waals surface area contributed by atoms with Crippen LogP contribution in [0, 0.1) is 5.92 Å². The number of ether oxygens (including phenoxy) is 2. The van der Waals surface area contributed by atoms with Crippen LogP contribution in [0.5, 0.6) is 0 Å². The molecule has 230 valence electrons. The Labute approximate surface area is 247 Å². The summed E-state index contributed by atoms with van der Waals surface area (Å²) in [7, 11) is 1.34. The molecule has 13 heteroatoms. The van der Waals surface area contributed by atoms with Crippen molar-refractivity contribution in [3.05, 3.63) is 65.2 Å². The van der Waals surface area contributed by atoms with Crippen molar-refractivity contribution in [3.8, 4) is 0 Å². The van der Waals surface area contributed by atoms with Crippen LogP contribution in [0.3, 0.4) is 0 Å². The topological polar surface area (TPSA) is 110 Å². The largest absolute Gasteiger partial charge is 0.465 e. The van der Waals surface area contributed by atoms with Crippen LogP contribution in [-0.2, 0) is 22.3 Å². The third-order valence-electron chi connectivity index (χ3n) is 7.65. The molecule has 2 saturated heterocycles. The fourth-order valence-electron chi connectivity index (χ4n) is 5.31. The van der Waals surface area contributed by atoms with Crippen molar-refractivity contribution in [2.24, 2.45) is 5.92 Å². The zero-order valence-electron chi connectivity index (χ0n) is 24.0. The summed E-state index contributed by atoms with van der Waals surface area (Å²) in [5.74, 6) is -1.32. The highest BCUT2D eigenvalue weighted by atomic mass is 19.4. The summed E-state index contributed by atoms with van der Waals surface area (Å²) in [5.41, 5.74) is 0.340. The van der Waals surface area contributed by atoms with Crippen molar-refractivity contribution < 1.29 is 36.7 Å². The molecule has 2 fully saturated rings. The molecule has 5 rings (SSSR count). The highest BCUT2D eigenvalue weighted by Crippen LogP contribution is 2.35. The number of carbonyl (C=O) groups excluding carboxylic acids is 2. The Morgan fingerprint density at radius 1 is 1.05 bits per heavy atom. The van der Waals surface area contributed by atoms with Gasteiger partial charge in [0.15, 0.2) is 5.69 Å². The van der Waals surface area contributed by atoms with E-state index in [-0.39, 0.29) is 29.7 Å². The Kier molecular flexibility index (Phi) is 9.19. The van der Waals surface area contributed by atoms with Crippen molar-refractivity contribution in [2.45, 2.75) is 51.5 Å². The van der Waals surface area contributed by atoms with E-state index >= 15 is 0 Å². The number of aromatic nitrogens is 2. The van der Waals surface area contributed by atoms with Gasteiger partial charge in [0.1, 0.15) is 5.82 Å². The maximum absolute atomic E-state index is 13.7. The molecule has 1 aromatic carbocycles. The number of hydrogen-bond donors (Lipinski definition) is 1. The number of rotatable bonds is 8. The van der Waals surface area contributed by atoms with Gasteiger partial charge in [0.2, 0.25) is 5.76 Å². The van der Waals surface area contributed by atoms with Crippen LogP contribution in [0.25, 0.3) is 0 Å². The van der Waals surface area contributed by atoms with Gasteiger partial charge < -0.3 is 29.0 Å². The maximum atomic E-state index is 13.7. The second-order valence-electron chi connectivity index (χ2n) is 10.9. The number of nitrogens with zero attached hydrogens (tertiary/aromatic N) is 4. The predicted molar refractivity (Wildman–Crippen MR) is 152 cm³/mol. The van der Waals surface area contributed by atoms with Gasteiger partial charge in [-0.15, -0.1) is 0 Å². The van der Waals surface area contributed by atoms with E-state index < -0.39 is 23.5 Å². The normalized spacial score (nSPS) is 18.0. The van der Waals surface area contributed by atoms with E-state index in [1.807, 2.05) is 19.1 Å². The quantitative estimate of drug-likeness (QED) is 0.333. The third kappa shape index (κ3) is 7.45. The number of anilines is 3. The summed E-state index contributed by atoms with van der Waals surface area (Å²) < 4.78 is 57.3. The smallest absolute Gasteiger partial charge is 0.437 e. The first-order chi connectivity index (χ1) is 20.6. The number of alkyl halides is 3. The van der Waals surface area contributed by atoms with E-state index in [0.717, 1.165) is 31.2 Å². The maximum Gasteiger partial charge on any atom is 0.437 e. The lowest BCUT2D eigenvalue weighted by molar-refractivity contribution is -0.141. The van der Waals surface area contributed by atoms with Crippen molar-refractivity contribution in [1.29, 1.82) is 0 Å². The average molecular weight is 602 g/mol. The van der Waals surface area contributed by atoms with Crippen LogP contribution in [0.1, 0.15) is 64.8 Å². The first-order valence-electron chi connectivity index (χ1n) is 14.2. The Morgan fingerprint density at radius 3 is 2.42 bits per heavy atom. The number of carbonyl (C=O) groups is 2. The van der Waals surface area contributed by atoms with Crippen LogP contribution >= 0.6 is 0 Å². The molecule has 2 aliphatic heterocycles. The molecular weight excluding hydrogens is 567 g/mol. The summed E-state index contributed by atoms with van der Waals surface area (Å²) in [6, 6.07) is 10.2. The van der Waals surface area contributed by atoms with E-state index in [9.17, 15) is 22.8 Å². The molecule has 1 unspecified atom stereocenters. The highest BCUT2D eigenvalue weighted by Gasteiger charge is 2.42. The number of halogens is 3. The van der Waals surface area contributed by atoms with E-state index in [1.54, 1.807) is 29.2 Å². The molecule has 0 aliphatic carbocycles. The second kappa shape index (κ2) is 13.0. The van der Waals surface area contributed by atoms with E-state index in [1.165, 1.54) is 13.3 Å². The molecule has 1 amide bonds. The van der Waals surface area contributed by atoms with Crippen molar-refractivity contribution >= 4 is 29.4 Å². The summed E-state index contributed by atoms with van der Waals surface area (Å²) in [4.78, 5) is 36.2. The standard InChI is InChI=1S/C30H34F3N5O5/c1-19-4-3-13-38(17-19)29-36-26(30(31,32)33)25(43-29)27(39)35-22-9-10-24(34-16-22)37-14-11-23(12-15-37)42-18-20-5-7-21(8-6-20)28(40)41-2/h5-10,16,19,23H,3-4,11-15,17-18H2,1-2H3,(H,35,39). The lowest BCUT2D eigenvalue weighted by Crippen LogP contribution is -2.37. The minimum absolute atomic E-state index is 0.0675. The molecule has 4 heterocycles. The van der Waals surface area contributed by atoms with E-state index in [4.69, 9.17) is 13.9 Å². The number of oxazole rings is 1. The molecule has 0 radical (unpaired) electrons. The molecule has 0 bridgehead atoms. The van der Waals surface area contributed by atoms with E-state index in [2.05, 4.69) is 20.2 Å². The van der Waals surface area contributed by atoms with Gasteiger partial charge >= 0.3 is 12.1 Å². The van der Waals surface area contributed by atoms with Gasteiger partial charge in [0.05, 0.1) is 37.3 Å². The van der Waals surface area contributed by atoms with Crippen LogP contribution < -0.4 is 15.1 Å². The van der Waals surface area contributed by atoms with Crippen LogP contribution in [-0.4, -0.2) is 61.2 Å². The van der Waals surface area contributed by atoms with Crippen molar-refractivity contribution in [3.63, 3.8) is 0 Å². The second-order valence-corrected chi connectivity index (χ2v) is 10.9. The Bertz CT molecular complexity index is 1400. The van der Waals surface area contributed by atoms with Crippen LogP contribution in [0.15, 0.2) is 47.0 Å². The third-order valence-corrected chi connectivity index (χ3v) is 7.65. The summed E-state index contributed by atoms with van der Waals surface area (Å²) in [5, 5.41) is 2.46. The van der Waals surface area contributed by atoms with Crippen LogP contribution in [0.4, 0.5) is 30.7 Å². The van der Waals surface area contributed by atoms with Gasteiger partial charge in [-0.05, 0) is 61.4 Å². The van der Waals surface area contributed by atoms with Gasteiger partial charge in [-0.25, -0.2) is 9.78 Å². The number of methoxy groups -OCH3 is 1. The summed E-state index contributed by atoms with van der Waals surface area (Å²) in [6.45, 7) is 4.88. The number of esters is 1. The Balaban J connectivity index is 1.14. The van der Waals surface area contributed by atoms with Gasteiger partial charge in [-0.3, -0.25) is 4.79 Å². The number of amides is 1. The minimum atomic E-state index is -4.84. The number of benzene rings is 1.